The molecule has 0 aliphatic rings. The second-order valence-corrected chi connectivity index (χ2v) is 6.48. The van der Waals surface area contributed by atoms with Crippen molar-refractivity contribution < 1.29 is 4.79 Å². The molecule has 3 aromatic heterocycles. The summed E-state index contributed by atoms with van der Waals surface area (Å²) in [5.74, 6) is -0.0928. The van der Waals surface area contributed by atoms with E-state index in [1.165, 1.54) is 11.3 Å². The van der Waals surface area contributed by atoms with E-state index in [2.05, 4.69) is 20.3 Å². The first-order chi connectivity index (χ1) is 11.5. The van der Waals surface area contributed by atoms with Gasteiger partial charge in [0.05, 0.1) is 29.2 Å². The van der Waals surface area contributed by atoms with Gasteiger partial charge in [0.15, 0.2) is 0 Å². The van der Waals surface area contributed by atoms with Gasteiger partial charge in [-0.05, 0) is 44.5 Å². The number of thiazole rings is 1. The quantitative estimate of drug-likeness (QED) is 0.787. The van der Waals surface area contributed by atoms with Crippen molar-refractivity contribution in [3.05, 3.63) is 58.5 Å². The van der Waals surface area contributed by atoms with Crippen LogP contribution < -0.4 is 5.32 Å². The number of pyridine rings is 2. The van der Waals surface area contributed by atoms with E-state index >= 15 is 0 Å². The topological polar surface area (TPSA) is 67.8 Å². The summed E-state index contributed by atoms with van der Waals surface area (Å²) in [5, 5.41) is 5.67. The molecule has 0 saturated carbocycles. The molecule has 0 saturated heterocycles. The number of nitrogens with one attached hydrogen (secondary N) is 1. The van der Waals surface area contributed by atoms with Gasteiger partial charge in [0.25, 0.3) is 0 Å². The molecule has 0 fully saturated rings. The number of hydrogen-bond acceptors (Lipinski definition) is 5. The molecule has 6 heteroatoms. The third-order valence-electron chi connectivity index (χ3n) is 3.57. The average molecular weight is 338 g/mol. The molecule has 1 amide bonds. The number of hydrogen-bond donors (Lipinski definition) is 1. The number of rotatable bonds is 4. The molecule has 3 rings (SSSR count). The lowest BCUT2D eigenvalue weighted by atomic mass is 10.1. The van der Waals surface area contributed by atoms with Crippen LogP contribution in [-0.2, 0) is 11.2 Å². The molecule has 0 aromatic carbocycles. The molecule has 0 radical (unpaired) electrons. The van der Waals surface area contributed by atoms with Crippen LogP contribution in [0.5, 0.6) is 0 Å². The van der Waals surface area contributed by atoms with Gasteiger partial charge in [-0.25, -0.2) is 4.98 Å². The minimum Gasteiger partial charge on any atom is -0.324 e. The van der Waals surface area contributed by atoms with E-state index < -0.39 is 0 Å². The summed E-state index contributed by atoms with van der Waals surface area (Å²) in [6.45, 7) is 5.82. The molecule has 0 unspecified atom stereocenters. The monoisotopic (exact) mass is 338 g/mol. The van der Waals surface area contributed by atoms with E-state index in [9.17, 15) is 4.79 Å². The molecule has 5 nitrogen and oxygen atoms in total. The number of aryl methyl sites for hydroxylation is 3. The lowest BCUT2D eigenvalue weighted by Gasteiger charge is -2.11. The first-order valence-corrected chi connectivity index (χ1v) is 8.51. The summed E-state index contributed by atoms with van der Waals surface area (Å²) in [6.07, 6.45) is 1.97. The zero-order chi connectivity index (χ0) is 17.1. The van der Waals surface area contributed by atoms with Crippen molar-refractivity contribution in [3.63, 3.8) is 0 Å². The highest BCUT2D eigenvalue weighted by atomic mass is 32.1. The van der Waals surface area contributed by atoms with Crippen LogP contribution in [0.3, 0.4) is 0 Å². The highest BCUT2D eigenvalue weighted by Crippen LogP contribution is 2.23. The fraction of sp³-hybridized carbons (Fsp3) is 0.222. The normalized spacial score (nSPS) is 10.6. The minimum absolute atomic E-state index is 0.0928. The van der Waals surface area contributed by atoms with E-state index in [0.29, 0.717) is 0 Å². The molecule has 24 heavy (non-hydrogen) atoms. The van der Waals surface area contributed by atoms with E-state index in [4.69, 9.17) is 0 Å². The molecular formula is C18H18N4OS. The number of carbonyl (C=O) groups excluding carboxylic acids is 1. The van der Waals surface area contributed by atoms with Gasteiger partial charge in [-0.2, -0.15) is 0 Å². The highest BCUT2D eigenvalue weighted by Gasteiger charge is 2.12. The Morgan fingerprint density at radius 2 is 2.04 bits per heavy atom. The molecule has 3 aromatic rings. The largest absolute Gasteiger partial charge is 0.324 e. The van der Waals surface area contributed by atoms with Crippen LogP contribution in [0.2, 0.25) is 0 Å². The van der Waals surface area contributed by atoms with Crippen LogP contribution in [0.15, 0.2) is 35.8 Å². The third-order valence-corrected chi connectivity index (χ3v) is 4.48. The number of nitrogens with zero attached hydrogens (tertiary/aromatic N) is 3. The molecule has 0 aliphatic carbocycles. The Bertz CT molecular complexity index is 851. The summed E-state index contributed by atoms with van der Waals surface area (Å²) in [6, 6.07) is 7.66. The number of amides is 1. The first-order valence-electron chi connectivity index (χ1n) is 7.63. The Hall–Kier alpha value is -2.60. The van der Waals surface area contributed by atoms with Crippen molar-refractivity contribution in [3.8, 4) is 10.7 Å². The van der Waals surface area contributed by atoms with Gasteiger partial charge in [-0.15, -0.1) is 11.3 Å². The minimum atomic E-state index is -0.0928. The van der Waals surface area contributed by atoms with Gasteiger partial charge in [0.1, 0.15) is 5.01 Å². The van der Waals surface area contributed by atoms with Gasteiger partial charge in [-0.3, -0.25) is 14.8 Å². The predicted molar refractivity (Wildman–Crippen MR) is 96.1 cm³/mol. The lowest BCUT2D eigenvalue weighted by molar-refractivity contribution is -0.115. The smallest absolute Gasteiger partial charge is 0.230 e. The Kier molecular flexibility index (Phi) is 4.66. The molecule has 0 spiro atoms. The van der Waals surface area contributed by atoms with Crippen LogP contribution in [0, 0.1) is 20.8 Å². The van der Waals surface area contributed by atoms with E-state index in [1.54, 1.807) is 6.20 Å². The molecule has 3 heterocycles. The lowest BCUT2D eigenvalue weighted by Crippen LogP contribution is -2.17. The summed E-state index contributed by atoms with van der Waals surface area (Å²) in [5.41, 5.74) is 5.14. The summed E-state index contributed by atoms with van der Waals surface area (Å²) in [4.78, 5) is 25.5. The molecular weight excluding hydrogens is 320 g/mol. The SMILES string of the molecule is Cc1cc(C)c(NC(=O)Cc2csc(-c3ccccn3)n2)c(C)n1. The second-order valence-electron chi connectivity index (χ2n) is 5.62. The zero-order valence-corrected chi connectivity index (χ0v) is 14.6. The van der Waals surface area contributed by atoms with Crippen molar-refractivity contribution in [2.75, 3.05) is 5.32 Å². The molecule has 1 N–H and O–H groups in total. The van der Waals surface area contributed by atoms with Crippen molar-refractivity contribution >= 4 is 22.9 Å². The Balaban J connectivity index is 1.71. The van der Waals surface area contributed by atoms with Gasteiger partial charge in [0.2, 0.25) is 5.91 Å². The standard InChI is InChI=1S/C18H18N4OS/c1-11-8-12(2)20-13(3)17(11)22-16(23)9-14-10-24-18(21-14)15-6-4-5-7-19-15/h4-8,10H,9H2,1-3H3,(H,22,23). The second kappa shape index (κ2) is 6.88. The van der Waals surface area contributed by atoms with Crippen LogP contribution in [0.1, 0.15) is 22.6 Å². The number of carbonyl (C=O) groups is 1. The maximum Gasteiger partial charge on any atom is 0.230 e. The molecule has 0 aliphatic heterocycles. The summed E-state index contributed by atoms with van der Waals surface area (Å²) in [7, 11) is 0. The Morgan fingerprint density at radius 1 is 1.21 bits per heavy atom. The van der Waals surface area contributed by atoms with Crippen LogP contribution in [0.4, 0.5) is 5.69 Å². The molecule has 0 atom stereocenters. The van der Waals surface area contributed by atoms with Crippen molar-refractivity contribution in [1.29, 1.82) is 0 Å². The van der Waals surface area contributed by atoms with Crippen LogP contribution in [-0.4, -0.2) is 20.9 Å². The van der Waals surface area contributed by atoms with E-state index in [1.807, 2.05) is 50.4 Å². The Labute approximate surface area is 144 Å². The number of aromatic nitrogens is 3. The molecule has 0 bridgehead atoms. The molecule has 122 valence electrons. The van der Waals surface area contributed by atoms with Crippen molar-refractivity contribution in [2.45, 2.75) is 27.2 Å². The van der Waals surface area contributed by atoms with Crippen LogP contribution in [0.25, 0.3) is 10.7 Å². The fourth-order valence-corrected chi connectivity index (χ4v) is 3.35. The highest BCUT2D eigenvalue weighted by molar-refractivity contribution is 7.13. The maximum absolute atomic E-state index is 12.3. The summed E-state index contributed by atoms with van der Waals surface area (Å²) < 4.78 is 0. The third kappa shape index (κ3) is 3.65. The van der Waals surface area contributed by atoms with E-state index in [0.717, 1.165) is 39.0 Å². The van der Waals surface area contributed by atoms with Crippen molar-refractivity contribution in [1.82, 2.24) is 15.0 Å². The van der Waals surface area contributed by atoms with Gasteiger partial charge < -0.3 is 5.32 Å². The van der Waals surface area contributed by atoms with Crippen LogP contribution >= 0.6 is 11.3 Å². The predicted octanol–water partition coefficient (Wildman–Crippen LogP) is 3.71. The number of anilines is 1. The first kappa shape index (κ1) is 16.3. The maximum atomic E-state index is 12.3. The average Bonchev–Trinajstić information content (AvgIpc) is 3.00. The van der Waals surface area contributed by atoms with E-state index in [-0.39, 0.29) is 12.3 Å². The zero-order valence-electron chi connectivity index (χ0n) is 13.8. The van der Waals surface area contributed by atoms with Gasteiger partial charge >= 0.3 is 0 Å². The van der Waals surface area contributed by atoms with Gasteiger partial charge in [-0.1, -0.05) is 6.07 Å². The fourth-order valence-electron chi connectivity index (χ4n) is 2.56. The van der Waals surface area contributed by atoms with Gasteiger partial charge in [0, 0.05) is 17.3 Å². The Morgan fingerprint density at radius 3 is 2.75 bits per heavy atom. The summed E-state index contributed by atoms with van der Waals surface area (Å²) >= 11 is 1.49. The van der Waals surface area contributed by atoms with Crippen molar-refractivity contribution in [2.24, 2.45) is 0 Å².